The SMILES string of the molecule is N#CC(C#N)=C(C#N)C(=O)OCc1ccccc1. The molecule has 0 saturated carbocycles. The third-order valence-corrected chi connectivity index (χ3v) is 2.00. The van der Waals surface area contributed by atoms with Gasteiger partial charge in [-0.3, -0.25) is 0 Å². The van der Waals surface area contributed by atoms with Crippen LogP contribution >= 0.6 is 0 Å². The van der Waals surface area contributed by atoms with Crippen molar-refractivity contribution in [3.05, 3.63) is 47.0 Å². The molecule has 0 atom stereocenters. The fourth-order valence-electron chi connectivity index (χ4n) is 1.14. The molecule has 0 amide bonds. The fourth-order valence-corrected chi connectivity index (χ4v) is 1.14. The van der Waals surface area contributed by atoms with E-state index in [1.165, 1.54) is 18.2 Å². The number of hydrogen-bond acceptors (Lipinski definition) is 5. The second-order valence-corrected chi connectivity index (χ2v) is 3.15. The Morgan fingerprint density at radius 2 is 1.67 bits per heavy atom. The summed E-state index contributed by atoms with van der Waals surface area (Å²) in [7, 11) is 0. The summed E-state index contributed by atoms with van der Waals surface area (Å²) in [5.74, 6) is -0.973. The van der Waals surface area contributed by atoms with E-state index in [9.17, 15) is 4.79 Å². The van der Waals surface area contributed by atoms with Crippen molar-refractivity contribution >= 4 is 5.97 Å². The van der Waals surface area contributed by atoms with E-state index in [-0.39, 0.29) is 6.61 Å². The number of benzene rings is 1. The Hall–Kier alpha value is -3.10. The van der Waals surface area contributed by atoms with Gasteiger partial charge in [-0.2, -0.15) is 15.8 Å². The van der Waals surface area contributed by atoms with E-state index >= 15 is 0 Å². The van der Waals surface area contributed by atoms with Gasteiger partial charge in [0.25, 0.3) is 0 Å². The number of rotatable bonds is 3. The Morgan fingerprint density at radius 1 is 1.06 bits per heavy atom. The Morgan fingerprint density at radius 3 is 2.17 bits per heavy atom. The normalized spacial score (nSPS) is 8.28. The molecule has 0 unspecified atom stereocenters. The predicted octanol–water partition coefficient (Wildman–Crippen LogP) is 1.60. The molecule has 0 fully saturated rings. The van der Waals surface area contributed by atoms with E-state index in [1.807, 2.05) is 6.07 Å². The quantitative estimate of drug-likeness (QED) is 0.451. The topological polar surface area (TPSA) is 97.7 Å². The van der Waals surface area contributed by atoms with Crippen LogP contribution in [0.15, 0.2) is 41.5 Å². The molecule has 5 nitrogen and oxygen atoms in total. The smallest absolute Gasteiger partial charge is 0.351 e. The summed E-state index contributed by atoms with van der Waals surface area (Å²) in [4.78, 5) is 11.5. The highest BCUT2D eigenvalue weighted by molar-refractivity contribution is 5.95. The second kappa shape index (κ2) is 6.48. The number of nitrogens with zero attached hydrogens (tertiary/aromatic N) is 3. The van der Waals surface area contributed by atoms with Crippen molar-refractivity contribution in [3.8, 4) is 18.2 Å². The summed E-state index contributed by atoms with van der Waals surface area (Å²) in [5, 5.41) is 25.9. The average molecular weight is 237 g/mol. The van der Waals surface area contributed by atoms with Crippen molar-refractivity contribution in [1.29, 1.82) is 15.8 Å². The highest BCUT2D eigenvalue weighted by Crippen LogP contribution is 2.07. The number of nitriles is 3. The standard InChI is InChI=1S/C13H7N3O2/c14-6-11(7-15)12(8-16)13(17)18-9-10-4-2-1-3-5-10/h1-5H,9H2. The molecule has 0 N–H and O–H groups in total. The van der Waals surface area contributed by atoms with Crippen LogP contribution in [0.4, 0.5) is 0 Å². The lowest BCUT2D eigenvalue weighted by molar-refractivity contribution is -0.139. The Labute approximate surface area is 104 Å². The van der Waals surface area contributed by atoms with Crippen LogP contribution in [-0.2, 0) is 16.1 Å². The molecule has 0 aromatic heterocycles. The summed E-state index contributed by atoms with van der Waals surface area (Å²) < 4.78 is 4.84. The number of esters is 1. The Balaban J connectivity index is 2.79. The lowest BCUT2D eigenvalue weighted by Gasteiger charge is -2.03. The first kappa shape index (κ1) is 13.0. The molecular formula is C13H7N3O2. The number of hydrogen-bond donors (Lipinski definition) is 0. The van der Waals surface area contributed by atoms with Gasteiger partial charge in [-0.1, -0.05) is 30.3 Å². The van der Waals surface area contributed by atoms with Crippen molar-refractivity contribution in [2.24, 2.45) is 0 Å². The summed E-state index contributed by atoms with van der Waals surface area (Å²) in [6, 6.07) is 13.3. The molecule has 0 radical (unpaired) electrons. The molecule has 0 aliphatic carbocycles. The van der Waals surface area contributed by atoms with E-state index in [0.29, 0.717) is 0 Å². The van der Waals surface area contributed by atoms with Crippen LogP contribution in [-0.4, -0.2) is 5.97 Å². The molecule has 1 rings (SSSR count). The van der Waals surface area contributed by atoms with Gasteiger partial charge in [0.1, 0.15) is 24.8 Å². The first-order chi connectivity index (χ1) is 8.72. The minimum absolute atomic E-state index is 0.0189. The lowest BCUT2D eigenvalue weighted by atomic mass is 10.1. The molecule has 1 aromatic carbocycles. The number of ether oxygens (including phenoxy) is 1. The van der Waals surface area contributed by atoms with Gasteiger partial charge in [-0.05, 0) is 5.56 Å². The molecule has 18 heavy (non-hydrogen) atoms. The van der Waals surface area contributed by atoms with Crippen LogP contribution in [0.5, 0.6) is 0 Å². The van der Waals surface area contributed by atoms with Crippen molar-refractivity contribution in [1.82, 2.24) is 0 Å². The van der Waals surface area contributed by atoms with Crippen molar-refractivity contribution in [3.63, 3.8) is 0 Å². The van der Waals surface area contributed by atoms with Gasteiger partial charge in [0.05, 0.1) is 0 Å². The second-order valence-electron chi connectivity index (χ2n) is 3.15. The predicted molar refractivity (Wildman–Crippen MR) is 60.1 cm³/mol. The van der Waals surface area contributed by atoms with Crippen LogP contribution in [0.1, 0.15) is 5.56 Å². The number of allylic oxidation sites excluding steroid dienone is 1. The van der Waals surface area contributed by atoms with Gasteiger partial charge in [0.2, 0.25) is 0 Å². The molecule has 1 aromatic rings. The van der Waals surface area contributed by atoms with Crippen LogP contribution in [0.25, 0.3) is 0 Å². The van der Waals surface area contributed by atoms with Crippen LogP contribution < -0.4 is 0 Å². The van der Waals surface area contributed by atoms with E-state index in [0.717, 1.165) is 5.56 Å². The van der Waals surface area contributed by atoms with E-state index in [4.69, 9.17) is 20.5 Å². The molecule has 86 valence electrons. The Kier molecular flexibility index (Phi) is 4.66. The van der Waals surface area contributed by atoms with Crippen LogP contribution in [0.2, 0.25) is 0 Å². The molecule has 0 aliphatic rings. The third kappa shape index (κ3) is 3.20. The minimum Gasteiger partial charge on any atom is -0.457 e. The summed E-state index contributed by atoms with van der Waals surface area (Å²) >= 11 is 0. The maximum atomic E-state index is 11.5. The number of carbonyl (C=O) groups excluding carboxylic acids is 1. The van der Waals surface area contributed by atoms with E-state index < -0.39 is 17.1 Å². The van der Waals surface area contributed by atoms with Gasteiger partial charge in [-0.15, -0.1) is 0 Å². The highest BCUT2D eigenvalue weighted by atomic mass is 16.5. The van der Waals surface area contributed by atoms with Crippen molar-refractivity contribution in [2.45, 2.75) is 6.61 Å². The Bertz CT molecular complexity index is 582. The lowest BCUT2D eigenvalue weighted by Crippen LogP contribution is -2.08. The zero-order valence-corrected chi connectivity index (χ0v) is 9.25. The van der Waals surface area contributed by atoms with Gasteiger partial charge in [0, 0.05) is 0 Å². The molecule has 5 heteroatoms. The molecule has 0 heterocycles. The molecule has 0 bridgehead atoms. The maximum Gasteiger partial charge on any atom is 0.351 e. The minimum atomic E-state index is -0.973. The highest BCUT2D eigenvalue weighted by Gasteiger charge is 2.16. The van der Waals surface area contributed by atoms with E-state index in [1.54, 1.807) is 24.3 Å². The number of carbonyl (C=O) groups is 1. The summed E-state index contributed by atoms with van der Waals surface area (Å²) in [5.41, 5.74) is -0.370. The fraction of sp³-hybridized carbons (Fsp3) is 0.0769. The van der Waals surface area contributed by atoms with Gasteiger partial charge in [-0.25, -0.2) is 4.79 Å². The maximum absolute atomic E-state index is 11.5. The molecule has 0 spiro atoms. The summed E-state index contributed by atoms with van der Waals surface area (Å²) in [6.45, 7) is -0.0189. The zero-order valence-electron chi connectivity index (χ0n) is 9.25. The van der Waals surface area contributed by atoms with Gasteiger partial charge >= 0.3 is 5.97 Å². The molecule has 0 aliphatic heterocycles. The average Bonchev–Trinajstić information content (AvgIpc) is 2.43. The zero-order chi connectivity index (χ0) is 13.4. The third-order valence-electron chi connectivity index (χ3n) is 2.00. The van der Waals surface area contributed by atoms with Crippen LogP contribution in [0, 0.1) is 34.0 Å². The van der Waals surface area contributed by atoms with Gasteiger partial charge < -0.3 is 4.74 Å². The first-order valence-corrected chi connectivity index (χ1v) is 4.88. The van der Waals surface area contributed by atoms with Crippen molar-refractivity contribution < 1.29 is 9.53 Å². The monoisotopic (exact) mass is 237 g/mol. The van der Waals surface area contributed by atoms with Crippen molar-refractivity contribution in [2.75, 3.05) is 0 Å². The van der Waals surface area contributed by atoms with Gasteiger partial charge in [0.15, 0.2) is 11.1 Å². The van der Waals surface area contributed by atoms with Crippen LogP contribution in [0.3, 0.4) is 0 Å². The first-order valence-electron chi connectivity index (χ1n) is 4.88. The molecular weight excluding hydrogens is 230 g/mol. The van der Waals surface area contributed by atoms with E-state index in [2.05, 4.69) is 0 Å². The largest absolute Gasteiger partial charge is 0.457 e. The summed E-state index contributed by atoms with van der Waals surface area (Å²) in [6.07, 6.45) is 0. The molecule has 0 saturated heterocycles.